The predicted octanol–water partition coefficient (Wildman–Crippen LogP) is 3.21. The van der Waals surface area contributed by atoms with Crippen molar-refractivity contribution in [2.45, 2.75) is 6.92 Å². The highest BCUT2D eigenvalue weighted by Crippen LogP contribution is 2.30. The summed E-state index contributed by atoms with van der Waals surface area (Å²) in [6.45, 7) is 2.00. The fourth-order valence-corrected chi connectivity index (χ4v) is 2.30. The van der Waals surface area contributed by atoms with E-state index in [0.717, 1.165) is 20.1 Å². The van der Waals surface area contributed by atoms with Gasteiger partial charge in [-0.3, -0.25) is 0 Å². The van der Waals surface area contributed by atoms with Crippen molar-refractivity contribution in [2.75, 3.05) is 0 Å². The summed E-state index contributed by atoms with van der Waals surface area (Å²) in [5.74, 6) is 0. The third kappa shape index (κ3) is 1.32. The average molecular weight is 243 g/mol. The Hall–Kier alpha value is -0.610. The van der Waals surface area contributed by atoms with Crippen LogP contribution in [0.3, 0.4) is 0 Å². The molecule has 2 aromatic rings. The van der Waals surface area contributed by atoms with Gasteiger partial charge in [-0.05, 0) is 28.9 Å². The van der Waals surface area contributed by atoms with Gasteiger partial charge < -0.3 is 4.98 Å². The molecule has 0 atom stereocenters. The topological polar surface area (TPSA) is 28.7 Å². The van der Waals surface area contributed by atoms with Crippen LogP contribution in [0.15, 0.2) is 22.2 Å². The molecule has 2 aromatic heterocycles. The highest BCUT2D eigenvalue weighted by Gasteiger charge is 2.06. The van der Waals surface area contributed by atoms with Crippen LogP contribution >= 0.6 is 27.3 Å². The molecule has 62 valence electrons. The zero-order chi connectivity index (χ0) is 8.55. The lowest BCUT2D eigenvalue weighted by atomic mass is 10.4. The first-order chi connectivity index (χ1) is 5.77. The van der Waals surface area contributed by atoms with Crippen LogP contribution in [0.2, 0.25) is 0 Å². The maximum Gasteiger partial charge on any atom is 0.126 e. The number of nitrogens with one attached hydrogen (secondary N) is 1. The van der Waals surface area contributed by atoms with Gasteiger partial charge in [0.05, 0.1) is 9.48 Å². The van der Waals surface area contributed by atoms with Crippen LogP contribution in [0.1, 0.15) is 5.69 Å². The lowest BCUT2D eigenvalue weighted by molar-refractivity contribution is 1.26. The van der Waals surface area contributed by atoms with Crippen LogP contribution in [0.5, 0.6) is 0 Å². The van der Waals surface area contributed by atoms with Gasteiger partial charge in [0.25, 0.3) is 0 Å². The van der Waals surface area contributed by atoms with E-state index in [1.807, 2.05) is 25.4 Å². The Kier molecular flexibility index (Phi) is 2.02. The first-order valence-corrected chi connectivity index (χ1v) is 5.14. The third-order valence-electron chi connectivity index (χ3n) is 1.58. The van der Waals surface area contributed by atoms with Gasteiger partial charge in [0, 0.05) is 18.0 Å². The number of rotatable bonds is 1. The summed E-state index contributed by atoms with van der Waals surface area (Å²) < 4.78 is 1.11. The van der Waals surface area contributed by atoms with E-state index in [1.54, 1.807) is 11.3 Å². The minimum absolute atomic E-state index is 1.05. The average Bonchev–Trinajstić information content (AvgIpc) is 2.61. The second kappa shape index (κ2) is 3.03. The van der Waals surface area contributed by atoms with E-state index in [9.17, 15) is 0 Å². The van der Waals surface area contributed by atoms with Crippen molar-refractivity contribution in [2.24, 2.45) is 0 Å². The van der Waals surface area contributed by atoms with Crippen molar-refractivity contribution in [1.82, 2.24) is 9.97 Å². The number of H-pyrrole nitrogens is 1. The summed E-state index contributed by atoms with van der Waals surface area (Å²) in [7, 11) is 0. The number of thiazole rings is 1. The monoisotopic (exact) mass is 242 g/mol. The Morgan fingerprint density at radius 3 is 2.92 bits per heavy atom. The quantitative estimate of drug-likeness (QED) is 0.818. The Bertz CT molecular complexity index is 358. The number of aromatic amines is 1. The van der Waals surface area contributed by atoms with Crippen LogP contribution < -0.4 is 0 Å². The van der Waals surface area contributed by atoms with Gasteiger partial charge in [-0.15, -0.1) is 11.3 Å². The molecule has 0 fully saturated rings. The molecule has 0 radical (unpaired) electrons. The van der Waals surface area contributed by atoms with Crippen molar-refractivity contribution in [3.05, 3.63) is 27.9 Å². The van der Waals surface area contributed by atoms with E-state index in [-0.39, 0.29) is 0 Å². The van der Waals surface area contributed by atoms with Gasteiger partial charge >= 0.3 is 0 Å². The van der Waals surface area contributed by atoms with Crippen molar-refractivity contribution in [3.8, 4) is 10.6 Å². The Morgan fingerprint density at radius 1 is 1.58 bits per heavy atom. The normalized spacial score (nSPS) is 10.5. The second-order valence-corrected chi connectivity index (χ2v) is 4.79. The summed E-state index contributed by atoms with van der Waals surface area (Å²) >= 11 is 5.11. The molecule has 2 nitrogen and oxygen atoms in total. The third-order valence-corrected chi connectivity index (χ3v) is 3.64. The first kappa shape index (κ1) is 8.01. The summed E-state index contributed by atoms with van der Waals surface area (Å²) in [4.78, 5) is 7.41. The van der Waals surface area contributed by atoms with E-state index in [1.165, 1.54) is 0 Å². The molecule has 0 saturated heterocycles. The number of aryl methyl sites for hydroxylation is 1. The molecule has 4 heteroatoms. The molecule has 12 heavy (non-hydrogen) atoms. The maximum atomic E-state index is 4.40. The van der Waals surface area contributed by atoms with Crippen LogP contribution in [-0.2, 0) is 0 Å². The minimum Gasteiger partial charge on any atom is -0.367 e. The SMILES string of the molecule is Cc1nc(-c2cc[nH]c2)sc1Br. The van der Waals surface area contributed by atoms with E-state index in [4.69, 9.17) is 0 Å². The molecule has 2 heterocycles. The highest BCUT2D eigenvalue weighted by molar-refractivity contribution is 9.11. The molecule has 2 rings (SSSR count). The van der Waals surface area contributed by atoms with Crippen LogP contribution in [-0.4, -0.2) is 9.97 Å². The van der Waals surface area contributed by atoms with Gasteiger partial charge in [0.1, 0.15) is 5.01 Å². The number of hydrogen-bond donors (Lipinski definition) is 1. The molecule has 0 spiro atoms. The van der Waals surface area contributed by atoms with E-state index >= 15 is 0 Å². The lowest BCUT2D eigenvalue weighted by Gasteiger charge is -1.84. The highest BCUT2D eigenvalue weighted by atomic mass is 79.9. The molecule has 0 saturated carbocycles. The van der Waals surface area contributed by atoms with Crippen LogP contribution in [0, 0.1) is 6.92 Å². The number of halogens is 1. The smallest absolute Gasteiger partial charge is 0.126 e. The van der Waals surface area contributed by atoms with Crippen molar-refractivity contribution in [3.63, 3.8) is 0 Å². The molecule has 0 aliphatic rings. The van der Waals surface area contributed by atoms with E-state index < -0.39 is 0 Å². The second-order valence-electron chi connectivity index (χ2n) is 2.48. The summed E-state index contributed by atoms with van der Waals surface area (Å²) in [6.07, 6.45) is 3.85. The van der Waals surface area contributed by atoms with Gasteiger partial charge in [-0.1, -0.05) is 0 Å². The molecule has 0 amide bonds. The fourth-order valence-electron chi connectivity index (χ4n) is 0.958. The minimum atomic E-state index is 1.05. The molecule has 0 aliphatic heterocycles. The van der Waals surface area contributed by atoms with Gasteiger partial charge in [0.15, 0.2) is 0 Å². The predicted molar refractivity (Wildman–Crippen MR) is 54.3 cm³/mol. The van der Waals surface area contributed by atoms with Crippen LogP contribution in [0.25, 0.3) is 10.6 Å². The van der Waals surface area contributed by atoms with Crippen molar-refractivity contribution in [1.29, 1.82) is 0 Å². The zero-order valence-electron chi connectivity index (χ0n) is 6.47. The molecule has 0 aliphatic carbocycles. The molecule has 0 aromatic carbocycles. The Morgan fingerprint density at radius 2 is 2.42 bits per heavy atom. The Balaban J connectivity index is 2.48. The standard InChI is InChI=1S/C8H7BrN2S/c1-5-7(9)12-8(11-5)6-2-3-10-4-6/h2-4,10H,1H3. The molecular weight excluding hydrogens is 236 g/mol. The molecule has 0 unspecified atom stereocenters. The van der Waals surface area contributed by atoms with Crippen molar-refractivity contribution >= 4 is 27.3 Å². The number of aromatic nitrogens is 2. The zero-order valence-corrected chi connectivity index (χ0v) is 8.87. The van der Waals surface area contributed by atoms with Crippen LogP contribution in [0.4, 0.5) is 0 Å². The first-order valence-electron chi connectivity index (χ1n) is 3.53. The van der Waals surface area contributed by atoms with E-state index in [0.29, 0.717) is 0 Å². The maximum absolute atomic E-state index is 4.40. The largest absolute Gasteiger partial charge is 0.367 e. The van der Waals surface area contributed by atoms with Gasteiger partial charge in [-0.2, -0.15) is 0 Å². The molecule has 1 N–H and O–H groups in total. The molecule has 0 bridgehead atoms. The summed E-state index contributed by atoms with van der Waals surface area (Å²) in [5.41, 5.74) is 2.20. The summed E-state index contributed by atoms with van der Waals surface area (Å²) in [6, 6.07) is 2.02. The van der Waals surface area contributed by atoms with Gasteiger partial charge in [-0.25, -0.2) is 4.98 Å². The van der Waals surface area contributed by atoms with Gasteiger partial charge in [0.2, 0.25) is 0 Å². The van der Waals surface area contributed by atoms with Crippen molar-refractivity contribution < 1.29 is 0 Å². The lowest BCUT2D eigenvalue weighted by Crippen LogP contribution is -1.72. The summed E-state index contributed by atoms with van der Waals surface area (Å²) in [5, 5.41) is 1.06. The fraction of sp³-hybridized carbons (Fsp3) is 0.125. The van der Waals surface area contributed by atoms with E-state index in [2.05, 4.69) is 25.9 Å². The molecular formula is C8H7BrN2S. The number of hydrogen-bond acceptors (Lipinski definition) is 2. The Labute approximate surface area is 82.8 Å². The number of nitrogens with zero attached hydrogens (tertiary/aromatic N) is 1.